The summed E-state index contributed by atoms with van der Waals surface area (Å²) in [6, 6.07) is 19.2. The molecule has 0 radical (unpaired) electrons. The third kappa shape index (κ3) is 4.37. The van der Waals surface area contributed by atoms with Gasteiger partial charge in [0.2, 0.25) is 11.8 Å². The molecule has 1 atom stereocenters. The molecule has 0 saturated heterocycles. The summed E-state index contributed by atoms with van der Waals surface area (Å²) in [6.07, 6.45) is 5.17. The molecule has 168 valence electrons. The lowest BCUT2D eigenvalue weighted by Gasteiger charge is -2.13. The monoisotopic (exact) mass is 486 g/mol. The normalized spacial score (nSPS) is 11.9. The number of benzene rings is 2. The standard InChI is InChI=1S/C25H19ClN6OS/c1-3-21(24-30-29-23(33-24)18-10-8-16(2)9-11-18)34-25-31-28-22(17-12-14-27-15-13-17)32(25)20-7-5-4-6-19(20)26/h3-15,21H,1H2,2H3. The number of thioether (sulfide) groups is 1. The van der Waals surface area contributed by atoms with Gasteiger partial charge in [-0.25, -0.2) is 0 Å². The SMILES string of the molecule is C=CC(Sc1nnc(-c2ccncc2)n1-c1ccccc1Cl)c1nnc(-c2ccc(C)cc2)o1. The van der Waals surface area contributed by atoms with Crippen LogP contribution in [-0.2, 0) is 0 Å². The van der Waals surface area contributed by atoms with Crippen LogP contribution >= 0.6 is 23.4 Å². The summed E-state index contributed by atoms with van der Waals surface area (Å²) in [6.45, 7) is 6.00. The molecule has 5 aromatic rings. The first-order chi connectivity index (χ1) is 16.6. The van der Waals surface area contributed by atoms with Crippen LogP contribution in [0.25, 0.3) is 28.5 Å². The molecule has 0 bridgehead atoms. The van der Waals surface area contributed by atoms with E-state index in [0.717, 1.165) is 22.4 Å². The van der Waals surface area contributed by atoms with E-state index >= 15 is 0 Å². The van der Waals surface area contributed by atoms with Crippen LogP contribution in [0.4, 0.5) is 0 Å². The highest BCUT2D eigenvalue weighted by Crippen LogP contribution is 2.39. The Bertz CT molecular complexity index is 1430. The molecule has 1 unspecified atom stereocenters. The van der Waals surface area contributed by atoms with Crippen LogP contribution in [0.2, 0.25) is 5.02 Å². The minimum Gasteiger partial charge on any atom is -0.419 e. The molecule has 0 fully saturated rings. The molecule has 0 N–H and O–H groups in total. The molecule has 0 amide bonds. The lowest BCUT2D eigenvalue weighted by Crippen LogP contribution is -2.02. The predicted molar refractivity (Wildman–Crippen MR) is 133 cm³/mol. The van der Waals surface area contributed by atoms with Crippen LogP contribution in [0.3, 0.4) is 0 Å². The lowest BCUT2D eigenvalue weighted by molar-refractivity contribution is 0.517. The van der Waals surface area contributed by atoms with Crippen LogP contribution in [0.1, 0.15) is 16.7 Å². The molecular weight excluding hydrogens is 468 g/mol. The van der Waals surface area contributed by atoms with E-state index in [4.69, 9.17) is 16.0 Å². The maximum atomic E-state index is 6.56. The van der Waals surface area contributed by atoms with E-state index in [9.17, 15) is 0 Å². The van der Waals surface area contributed by atoms with Crippen molar-refractivity contribution in [2.75, 3.05) is 0 Å². The quantitative estimate of drug-likeness (QED) is 0.195. The maximum absolute atomic E-state index is 6.56. The fourth-order valence-corrected chi connectivity index (χ4v) is 4.48. The fraction of sp³-hybridized carbons (Fsp3) is 0.0800. The molecule has 0 aliphatic heterocycles. The molecule has 9 heteroatoms. The topological polar surface area (TPSA) is 82.5 Å². The second-order valence-corrected chi connectivity index (χ2v) is 8.93. The Morgan fingerprint density at radius 2 is 1.71 bits per heavy atom. The molecule has 0 spiro atoms. The molecule has 5 rings (SSSR count). The number of pyridine rings is 1. The van der Waals surface area contributed by atoms with Crippen molar-refractivity contribution in [1.29, 1.82) is 0 Å². The lowest BCUT2D eigenvalue weighted by atomic mass is 10.1. The molecule has 0 saturated carbocycles. The van der Waals surface area contributed by atoms with Gasteiger partial charge in [0.05, 0.1) is 10.7 Å². The number of hydrogen-bond donors (Lipinski definition) is 0. The molecule has 0 aliphatic carbocycles. The molecule has 3 heterocycles. The number of aryl methyl sites for hydroxylation is 1. The van der Waals surface area contributed by atoms with Crippen molar-refractivity contribution >= 4 is 23.4 Å². The third-order valence-corrected chi connectivity index (χ3v) is 6.54. The summed E-state index contributed by atoms with van der Waals surface area (Å²) in [5.41, 5.74) is 3.64. The highest BCUT2D eigenvalue weighted by Gasteiger charge is 2.24. The van der Waals surface area contributed by atoms with Crippen molar-refractivity contribution in [1.82, 2.24) is 29.9 Å². The van der Waals surface area contributed by atoms with E-state index in [0.29, 0.717) is 27.8 Å². The van der Waals surface area contributed by atoms with E-state index in [-0.39, 0.29) is 5.25 Å². The van der Waals surface area contributed by atoms with Crippen molar-refractivity contribution < 1.29 is 4.42 Å². The smallest absolute Gasteiger partial charge is 0.247 e. The zero-order valence-corrected chi connectivity index (χ0v) is 19.7. The Morgan fingerprint density at radius 1 is 0.941 bits per heavy atom. The minimum absolute atomic E-state index is 0.345. The molecule has 7 nitrogen and oxygen atoms in total. The van der Waals surface area contributed by atoms with Gasteiger partial charge in [-0.15, -0.1) is 27.0 Å². The molecular formula is C25H19ClN6OS. The largest absolute Gasteiger partial charge is 0.419 e. The van der Waals surface area contributed by atoms with Gasteiger partial charge in [-0.05, 0) is 43.3 Å². The molecule has 3 aromatic heterocycles. The Labute approximate surface area is 205 Å². The third-order valence-electron chi connectivity index (χ3n) is 5.09. The van der Waals surface area contributed by atoms with Crippen LogP contribution in [0, 0.1) is 6.92 Å². The van der Waals surface area contributed by atoms with Crippen molar-refractivity contribution in [2.45, 2.75) is 17.3 Å². The van der Waals surface area contributed by atoms with Gasteiger partial charge in [0.1, 0.15) is 5.25 Å². The van der Waals surface area contributed by atoms with Crippen molar-refractivity contribution in [3.05, 3.63) is 102 Å². The maximum Gasteiger partial charge on any atom is 0.247 e. The van der Waals surface area contributed by atoms with E-state index in [1.54, 1.807) is 18.5 Å². The predicted octanol–water partition coefficient (Wildman–Crippen LogP) is 6.36. The Balaban J connectivity index is 1.53. The van der Waals surface area contributed by atoms with E-state index in [2.05, 4.69) is 32.0 Å². The Morgan fingerprint density at radius 3 is 2.44 bits per heavy atom. The highest BCUT2D eigenvalue weighted by molar-refractivity contribution is 7.99. The fourth-order valence-electron chi connectivity index (χ4n) is 3.36. The molecule has 0 aliphatic rings. The summed E-state index contributed by atoms with van der Waals surface area (Å²) < 4.78 is 7.90. The summed E-state index contributed by atoms with van der Waals surface area (Å²) in [5.74, 6) is 1.52. The number of aromatic nitrogens is 6. The second-order valence-electron chi connectivity index (χ2n) is 7.41. The van der Waals surface area contributed by atoms with Crippen LogP contribution in [0.5, 0.6) is 0 Å². The number of nitrogens with zero attached hydrogens (tertiary/aromatic N) is 6. The van der Waals surface area contributed by atoms with Gasteiger partial charge in [-0.2, -0.15) is 0 Å². The van der Waals surface area contributed by atoms with Crippen LogP contribution in [0.15, 0.2) is 95.3 Å². The molecule has 34 heavy (non-hydrogen) atoms. The number of rotatable bonds is 7. The summed E-state index contributed by atoms with van der Waals surface area (Å²) in [4.78, 5) is 4.10. The van der Waals surface area contributed by atoms with Crippen LogP contribution < -0.4 is 0 Å². The van der Waals surface area contributed by atoms with Gasteiger partial charge in [0.15, 0.2) is 11.0 Å². The van der Waals surface area contributed by atoms with Gasteiger partial charge >= 0.3 is 0 Å². The summed E-state index contributed by atoms with van der Waals surface area (Å²) in [5, 5.41) is 18.2. The van der Waals surface area contributed by atoms with Gasteiger partial charge in [0, 0.05) is 23.5 Å². The number of halogens is 1. The first kappa shape index (κ1) is 22.1. The van der Waals surface area contributed by atoms with Gasteiger partial charge in [-0.3, -0.25) is 9.55 Å². The number of hydrogen-bond acceptors (Lipinski definition) is 7. The second kappa shape index (κ2) is 9.62. The minimum atomic E-state index is -0.345. The average Bonchev–Trinajstić information content (AvgIpc) is 3.52. The van der Waals surface area contributed by atoms with Crippen molar-refractivity contribution in [3.63, 3.8) is 0 Å². The van der Waals surface area contributed by atoms with E-state index < -0.39 is 0 Å². The highest BCUT2D eigenvalue weighted by atomic mass is 35.5. The average molecular weight is 487 g/mol. The summed E-state index contributed by atoms with van der Waals surface area (Å²) in [7, 11) is 0. The van der Waals surface area contributed by atoms with Gasteiger partial charge in [-0.1, -0.05) is 59.3 Å². The molecule has 2 aromatic carbocycles. The van der Waals surface area contributed by atoms with E-state index in [1.807, 2.05) is 72.2 Å². The number of para-hydroxylation sites is 1. The van der Waals surface area contributed by atoms with Crippen molar-refractivity contribution in [2.24, 2.45) is 0 Å². The van der Waals surface area contributed by atoms with Crippen LogP contribution in [-0.4, -0.2) is 29.9 Å². The van der Waals surface area contributed by atoms with E-state index in [1.165, 1.54) is 11.8 Å². The summed E-state index contributed by atoms with van der Waals surface area (Å²) >= 11 is 7.96. The zero-order valence-electron chi connectivity index (χ0n) is 18.2. The van der Waals surface area contributed by atoms with Gasteiger partial charge in [0.25, 0.3) is 0 Å². The van der Waals surface area contributed by atoms with Gasteiger partial charge < -0.3 is 4.42 Å². The Kier molecular flexibility index (Phi) is 6.24. The zero-order chi connectivity index (χ0) is 23.5. The van der Waals surface area contributed by atoms with Crippen molar-refractivity contribution in [3.8, 4) is 28.5 Å². The Hall–Kier alpha value is -3.75. The first-order valence-corrected chi connectivity index (χ1v) is 11.7. The first-order valence-electron chi connectivity index (χ1n) is 10.4.